The number of hydrogen-bond acceptors (Lipinski definition) is 2. The maximum atomic E-state index is 4.44. The van der Waals surface area contributed by atoms with Crippen LogP contribution < -0.4 is 0 Å². The smallest absolute Gasteiger partial charge is 0.114 e. The third kappa shape index (κ3) is 2.12. The van der Waals surface area contributed by atoms with Crippen LogP contribution in [0.25, 0.3) is 16.7 Å². The van der Waals surface area contributed by atoms with Crippen LogP contribution in [0.3, 0.4) is 0 Å². The van der Waals surface area contributed by atoms with Crippen molar-refractivity contribution in [1.82, 2.24) is 15.0 Å². The predicted molar refractivity (Wildman–Crippen MR) is 74.3 cm³/mol. The van der Waals surface area contributed by atoms with E-state index in [-0.39, 0.29) is 0 Å². The van der Waals surface area contributed by atoms with E-state index in [1.165, 1.54) is 0 Å². The molecule has 2 aromatic carbocycles. The lowest BCUT2D eigenvalue weighted by Crippen LogP contribution is -1.97. The molecule has 5 heteroatoms. The van der Waals surface area contributed by atoms with Gasteiger partial charge in [0.15, 0.2) is 0 Å². The number of benzene rings is 2. The van der Waals surface area contributed by atoms with Crippen molar-refractivity contribution < 1.29 is 0 Å². The van der Waals surface area contributed by atoms with Crippen LogP contribution in [0.2, 0.25) is 0 Å². The van der Waals surface area contributed by atoms with E-state index in [0.717, 1.165) is 25.7 Å². The summed E-state index contributed by atoms with van der Waals surface area (Å²) < 4.78 is 2.02. The van der Waals surface area contributed by atoms with Crippen LogP contribution in [0.5, 0.6) is 0 Å². The Kier molecular flexibility index (Phi) is 2.72. The number of rotatable bonds is 1. The zero-order valence-electron chi connectivity index (χ0n) is 8.64. The van der Waals surface area contributed by atoms with Gasteiger partial charge in [-0.1, -0.05) is 37.9 Å². The first kappa shape index (κ1) is 10.9. The van der Waals surface area contributed by atoms with Gasteiger partial charge in [0.1, 0.15) is 11.0 Å². The minimum atomic E-state index is 0.874. The molecule has 17 heavy (non-hydrogen) atoms. The number of halogens is 2. The van der Waals surface area contributed by atoms with Crippen LogP contribution in [-0.2, 0) is 0 Å². The second-order valence-electron chi connectivity index (χ2n) is 3.60. The monoisotopic (exact) mass is 351 g/mol. The van der Waals surface area contributed by atoms with Crippen molar-refractivity contribution in [3.63, 3.8) is 0 Å². The molecule has 0 aliphatic rings. The van der Waals surface area contributed by atoms with E-state index in [9.17, 15) is 0 Å². The fourth-order valence-corrected chi connectivity index (χ4v) is 2.34. The molecule has 0 amide bonds. The highest BCUT2D eigenvalue weighted by atomic mass is 79.9. The van der Waals surface area contributed by atoms with Crippen LogP contribution in [0.4, 0.5) is 0 Å². The molecule has 0 aliphatic carbocycles. The molecule has 3 nitrogen and oxygen atoms in total. The third-order valence-corrected chi connectivity index (χ3v) is 3.37. The Morgan fingerprint density at radius 2 is 1.59 bits per heavy atom. The quantitative estimate of drug-likeness (QED) is 0.664. The Balaban J connectivity index is 2.18. The lowest BCUT2D eigenvalue weighted by atomic mass is 10.3. The molecule has 0 atom stereocenters. The molecule has 0 saturated carbocycles. The van der Waals surface area contributed by atoms with E-state index in [1.807, 2.05) is 42.5 Å². The average Bonchev–Trinajstić information content (AvgIpc) is 2.72. The normalized spacial score (nSPS) is 10.9. The van der Waals surface area contributed by atoms with Crippen molar-refractivity contribution in [3.05, 3.63) is 51.4 Å². The maximum absolute atomic E-state index is 4.44. The molecule has 1 heterocycles. The van der Waals surface area contributed by atoms with Gasteiger partial charge in [-0.25, -0.2) is 0 Å². The lowest BCUT2D eigenvalue weighted by Gasteiger charge is -1.98. The topological polar surface area (TPSA) is 30.7 Å². The van der Waals surface area contributed by atoms with Crippen molar-refractivity contribution >= 4 is 42.9 Å². The summed E-state index contributed by atoms with van der Waals surface area (Å²) in [5.41, 5.74) is 2.69. The average molecular weight is 353 g/mol. The highest BCUT2D eigenvalue weighted by molar-refractivity contribution is 9.10. The number of aromatic nitrogens is 3. The first-order valence-corrected chi connectivity index (χ1v) is 6.59. The summed E-state index contributed by atoms with van der Waals surface area (Å²) in [6, 6.07) is 13.7. The van der Waals surface area contributed by atoms with Crippen LogP contribution >= 0.6 is 31.9 Å². The molecule has 84 valence electrons. The van der Waals surface area contributed by atoms with Gasteiger partial charge in [0, 0.05) is 8.95 Å². The van der Waals surface area contributed by atoms with Crippen LogP contribution in [0, 0.1) is 0 Å². The summed E-state index contributed by atoms with van der Waals surface area (Å²) in [6.07, 6.45) is 0. The first-order chi connectivity index (χ1) is 8.22. The van der Waals surface area contributed by atoms with Crippen molar-refractivity contribution in [2.24, 2.45) is 0 Å². The molecule has 0 spiro atoms. The molecule has 1 aromatic heterocycles. The molecular weight excluding hydrogens is 346 g/mol. The zero-order chi connectivity index (χ0) is 11.8. The number of nitrogens with zero attached hydrogens (tertiary/aromatic N) is 3. The largest absolute Gasteiger partial charge is 0.150 e. The van der Waals surface area contributed by atoms with E-state index in [1.54, 1.807) is 4.80 Å². The van der Waals surface area contributed by atoms with Crippen molar-refractivity contribution in [3.8, 4) is 5.69 Å². The van der Waals surface area contributed by atoms with Gasteiger partial charge < -0.3 is 0 Å². The maximum Gasteiger partial charge on any atom is 0.114 e. The fraction of sp³-hybridized carbons (Fsp3) is 0. The molecule has 0 radical (unpaired) electrons. The molecule has 0 bridgehead atoms. The third-order valence-electron chi connectivity index (χ3n) is 2.38. The highest BCUT2D eigenvalue weighted by Crippen LogP contribution is 2.19. The summed E-state index contributed by atoms with van der Waals surface area (Å²) in [7, 11) is 0. The van der Waals surface area contributed by atoms with Gasteiger partial charge >= 0.3 is 0 Å². The Morgan fingerprint density at radius 3 is 2.41 bits per heavy atom. The van der Waals surface area contributed by atoms with Gasteiger partial charge in [-0.2, -0.15) is 4.80 Å². The minimum Gasteiger partial charge on any atom is -0.150 e. The SMILES string of the molecule is Brc1cccc(-n2nc3ccc(Br)cc3n2)c1. The summed E-state index contributed by atoms with van der Waals surface area (Å²) in [5, 5.41) is 8.87. The molecule has 0 aliphatic heterocycles. The van der Waals surface area contributed by atoms with Gasteiger partial charge in [0.25, 0.3) is 0 Å². The first-order valence-electron chi connectivity index (χ1n) is 5.01. The molecule has 0 N–H and O–H groups in total. The zero-order valence-corrected chi connectivity index (χ0v) is 11.8. The van der Waals surface area contributed by atoms with E-state index in [4.69, 9.17) is 0 Å². The number of fused-ring (bicyclic) bond motifs is 1. The Bertz CT molecular complexity index is 691. The Morgan fingerprint density at radius 1 is 0.824 bits per heavy atom. The van der Waals surface area contributed by atoms with E-state index in [2.05, 4.69) is 42.1 Å². The van der Waals surface area contributed by atoms with Crippen molar-refractivity contribution in [1.29, 1.82) is 0 Å². The van der Waals surface area contributed by atoms with Gasteiger partial charge in [-0.05, 0) is 36.4 Å². The highest BCUT2D eigenvalue weighted by Gasteiger charge is 2.04. The summed E-state index contributed by atoms with van der Waals surface area (Å²) in [6.45, 7) is 0. The molecule has 0 saturated heterocycles. The standard InChI is InChI=1S/C12H7Br2N3/c13-8-2-1-3-10(6-8)17-15-11-5-4-9(14)7-12(11)16-17/h1-7H. The molecule has 3 rings (SSSR count). The van der Waals surface area contributed by atoms with Gasteiger partial charge in [-0.3, -0.25) is 0 Å². The molecule has 3 aromatic rings. The van der Waals surface area contributed by atoms with Crippen LogP contribution in [0.1, 0.15) is 0 Å². The Labute approximate surface area is 115 Å². The van der Waals surface area contributed by atoms with Gasteiger partial charge in [-0.15, -0.1) is 10.2 Å². The summed E-state index contributed by atoms with van der Waals surface area (Å²) in [4.78, 5) is 1.64. The van der Waals surface area contributed by atoms with Gasteiger partial charge in [0.2, 0.25) is 0 Å². The van der Waals surface area contributed by atoms with Gasteiger partial charge in [0.05, 0.1) is 5.69 Å². The molecule has 0 fully saturated rings. The van der Waals surface area contributed by atoms with E-state index < -0.39 is 0 Å². The van der Waals surface area contributed by atoms with E-state index in [0.29, 0.717) is 0 Å². The second kappa shape index (κ2) is 4.23. The Hall–Kier alpha value is -1.20. The molecular formula is C12H7Br2N3. The van der Waals surface area contributed by atoms with Crippen molar-refractivity contribution in [2.45, 2.75) is 0 Å². The van der Waals surface area contributed by atoms with Crippen LogP contribution in [-0.4, -0.2) is 15.0 Å². The summed E-state index contributed by atoms with van der Waals surface area (Å²) >= 11 is 6.86. The predicted octanol–water partition coefficient (Wildman–Crippen LogP) is 3.95. The van der Waals surface area contributed by atoms with Crippen molar-refractivity contribution in [2.75, 3.05) is 0 Å². The number of hydrogen-bond donors (Lipinski definition) is 0. The van der Waals surface area contributed by atoms with Crippen LogP contribution in [0.15, 0.2) is 51.4 Å². The lowest BCUT2D eigenvalue weighted by molar-refractivity contribution is 0.765. The minimum absolute atomic E-state index is 0.874. The fourth-order valence-electron chi connectivity index (χ4n) is 1.60. The molecule has 0 unspecified atom stereocenters. The second-order valence-corrected chi connectivity index (χ2v) is 5.43. The summed E-state index contributed by atoms with van der Waals surface area (Å²) in [5.74, 6) is 0. The van der Waals surface area contributed by atoms with E-state index >= 15 is 0 Å².